The Balaban J connectivity index is 1.43. The molecule has 0 radical (unpaired) electrons. The largest absolute Gasteiger partial charge is 0.480 e. The van der Waals surface area contributed by atoms with Gasteiger partial charge in [-0.2, -0.15) is 0 Å². The highest BCUT2D eigenvalue weighted by atomic mass is 19.1. The van der Waals surface area contributed by atoms with Crippen LogP contribution >= 0.6 is 0 Å². The molecule has 0 bridgehead atoms. The molecule has 4 rings (SSSR count). The highest BCUT2D eigenvalue weighted by Crippen LogP contribution is 2.44. The lowest BCUT2D eigenvalue weighted by Gasteiger charge is -2.17. The number of carbonyl (C=O) groups is 3. The van der Waals surface area contributed by atoms with Gasteiger partial charge < -0.3 is 15.2 Å². The molecule has 3 aromatic rings. The maximum atomic E-state index is 13.8. The van der Waals surface area contributed by atoms with Crippen molar-refractivity contribution in [2.24, 2.45) is 0 Å². The molecule has 1 aliphatic carbocycles. The zero-order chi connectivity index (χ0) is 23.5. The van der Waals surface area contributed by atoms with Gasteiger partial charge in [0, 0.05) is 12.3 Å². The van der Waals surface area contributed by atoms with Crippen molar-refractivity contribution in [3.05, 3.63) is 95.1 Å². The van der Waals surface area contributed by atoms with Crippen molar-refractivity contribution >= 4 is 17.8 Å². The summed E-state index contributed by atoms with van der Waals surface area (Å²) in [5, 5.41) is 11.5. The van der Waals surface area contributed by atoms with E-state index in [2.05, 4.69) is 5.32 Å². The molecule has 0 saturated heterocycles. The Morgan fingerprint density at radius 1 is 0.939 bits per heavy atom. The van der Waals surface area contributed by atoms with E-state index >= 15 is 0 Å². The van der Waals surface area contributed by atoms with E-state index in [1.54, 1.807) is 0 Å². The van der Waals surface area contributed by atoms with E-state index < -0.39 is 47.5 Å². The standard InChI is InChI=1S/C25H19F2NO5/c26-14-9-10-21(27)19(11-14)23(29)12-22(24(30)31)28-25(32)33-13-20-17-7-3-1-5-15(17)16-6-2-4-8-18(16)20/h1-11,20,22H,12-13H2,(H,28,32)(H,30,31). The summed E-state index contributed by atoms with van der Waals surface area (Å²) < 4.78 is 32.5. The van der Waals surface area contributed by atoms with Crippen molar-refractivity contribution in [2.45, 2.75) is 18.4 Å². The van der Waals surface area contributed by atoms with E-state index in [1.165, 1.54) is 0 Å². The Labute approximate surface area is 187 Å². The molecular weight excluding hydrogens is 432 g/mol. The minimum absolute atomic E-state index is 0.0430. The monoisotopic (exact) mass is 451 g/mol. The van der Waals surface area contributed by atoms with Crippen LogP contribution in [0, 0.1) is 11.6 Å². The molecule has 168 valence electrons. The first-order valence-electron chi connectivity index (χ1n) is 10.2. The van der Waals surface area contributed by atoms with Gasteiger partial charge in [-0.25, -0.2) is 18.4 Å². The van der Waals surface area contributed by atoms with Crippen LogP contribution in [0.5, 0.6) is 0 Å². The predicted octanol–water partition coefficient (Wildman–Crippen LogP) is 4.53. The number of amides is 1. The van der Waals surface area contributed by atoms with E-state index in [9.17, 15) is 28.3 Å². The molecule has 6 nitrogen and oxygen atoms in total. The Hall–Kier alpha value is -4.07. The molecule has 0 aromatic heterocycles. The fraction of sp³-hybridized carbons (Fsp3) is 0.160. The van der Waals surface area contributed by atoms with E-state index in [1.807, 2.05) is 48.5 Å². The van der Waals surface area contributed by atoms with Gasteiger partial charge in [0.2, 0.25) is 0 Å². The van der Waals surface area contributed by atoms with Gasteiger partial charge in [-0.3, -0.25) is 4.79 Å². The van der Waals surface area contributed by atoms with E-state index in [0.717, 1.165) is 34.4 Å². The summed E-state index contributed by atoms with van der Waals surface area (Å²) >= 11 is 0. The summed E-state index contributed by atoms with van der Waals surface area (Å²) in [6.45, 7) is -0.0430. The first-order valence-corrected chi connectivity index (χ1v) is 10.2. The number of aliphatic carboxylic acids is 1. The molecule has 1 atom stereocenters. The molecule has 3 aromatic carbocycles. The van der Waals surface area contributed by atoms with Gasteiger partial charge in [0.25, 0.3) is 0 Å². The summed E-state index contributed by atoms with van der Waals surface area (Å²) in [6.07, 6.45) is -1.79. The average Bonchev–Trinajstić information content (AvgIpc) is 3.12. The number of benzene rings is 3. The highest BCUT2D eigenvalue weighted by molar-refractivity contribution is 5.99. The number of carbonyl (C=O) groups excluding carboxylic acids is 2. The molecule has 8 heteroatoms. The van der Waals surface area contributed by atoms with Gasteiger partial charge in [-0.05, 0) is 40.5 Å². The van der Waals surface area contributed by atoms with Crippen LogP contribution in [0.2, 0.25) is 0 Å². The number of rotatable bonds is 7. The van der Waals surface area contributed by atoms with Crippen LogP contribution in [0.4, 0.5) is 13.6 Å². The maximum absolute atomic E-state index is 13.8. The smallest absolute Gasteiger partial charge is 0.407 e. The van der Waals surface area contributed by atoms with Crippen LogP contribution in [0.15, 0.2) is 66.7 Å². The van der Waals surface area contributed by atoms with E-state index in [4.69, 9.17) is 4.74 Å². The third-order valence-electron chi connectivity index (χ3n) is 5.55. The quantitative estimate of drug-likeness (QED) is 0.515. The van der Waals surface area contributed by atoms with Crippen LogP contribution in [-0.2, 0) is 9.53 Å². The van der Waals surface area contributed by atoms with Gasteiger partial charge in [-0.15, -0.1) is 0 Å². The number of ether oxygens (including phenoxy) is 1. The summed E-state index contributed by atoms with van der Waals surface area (Å²) in [5.41, 5.74) is 3.45. The molecule has 2 N–H and O–H groups in total. The third kappa shape index (κ3) is 4.59. The van der Waals surface area contributed by atoms with Crippen LogP contribution in [0.3, 0.4) is 0 Å². The molecule has 0 saturated carbocycles. The second-order valence-corrected chi connectivity index (χ2v) is 7.61. The molecule has 33 heavy (non-hydrogen) atoms. The Kier molecular flexibility index (Phi) is 6.17. The molecule has 0 aliphatic heterocycles. The third-order valence-corrected chi connectivity index (χ3v) is 5.55. The first-order chi connectivity index (χ1) is 15.8. The number of ketones is 1. The fourth-order valence-corrected chi connectivity index (χ4v) is 3.99. The number of halogens is 2. The lowest BCUT2D eigenvalue weighted by atomic mass is 9.98. The van der Waals surface area contributed by atoms with E-state index in [-0.39, 0.29) is 12.5 Å². The average molecular weight is 451 g/mol. The Morgan fingerprint density at radius 3 is 2.15 bits per heavy atom. The highest BCUT2D eigenvalue weighted by Gasteiger charge is 2.30. The predicted molar refractivity (Wildman–Crippen MR) is 115 cm³/mol. The van der Waals surface area contributed by atoms with E-state index in [0.29, 0.717) is 6.07 Å². The molecular formula is C25H19F2NO5. The second-order valence-electron chi connectivity index (χ2n) is 7.61. The molecule has 0 fully saturated rings. The zero-order valence-electron chi connectivity index (χ0n) is 17.3. The summed E-state index contributed by atoms with van der Waals surface area (Å²) in [5.74, 6) is -4.51. The zero-order valence-corrected chi connectivity index (χ0v) is 17.3. The molecule has 1 aliphatic rings. The van der Waals surface area contributed by atoms with Gasteiger partial charge in [-0.1, -0.05) is 48.5 Å². The number of carboxylic acid groups (broad SMARTS) is 1. The molecule has 1 amide bonds. The molecule has 1 unspecified atom stereocenters. The van der Waals surface area contributed by atoms with Crippen LogP contribution in [0.1, 0.15) is 33.8 Å². The number of hydrogen-bond acceptors (Lipinski definition) is 4. The maximum Gasteiger partial charge on any atom is 0.407 e. The number of hydrogen-bond donors (Lipinski definition) is 2. The fourth-order valence-electron chi connectivity index (χ4n) is 3.99. The summed E-state index contributed by atoms with van der Waals surface area (Å²) in [7, 11) is 0. The van der Waals surface area contributed by atoms with Crippen molar-refractivity contribution in [3.8, 4) is 11.1 Å². The number of alkyl carbamates (subject to hydrolysis) is 1. The van der Waals surface area contributed by atoms with Gasteiger partial charge in [0.1, 0.15) is 24.3 Å². The van der Waals surface area contributed by atoms with Gasteiger partial charge in [0.05, 0.1) is 5.56 Å². The lowest BCUT2D eigenvalue weighted by Crippen LogP contribution is -2.42. The normalized spacial score (nSPS) is 13.0. The van der Waals surface area contributed by atoms with Crippen LogP contribution in [-0.4, -0.2) is 35.6 Å². The number of carboxylic acids is 1. The van der Waals surface area contributed by atoms with Crippen molar-refractivity contribution < 1.29 is 33.0 Å². The second kappa shape index (κ2) is 9.20. The van der Waals surface area contributed by atoms with Crippen molar-refractivity contribution in [1.82, 2.24) is 5.32 Å². The van der Waals surface area contributed by atoms with Gasteiger partial charge >= 0.3 is 12.1 Å². The minimum Gasteiger partial charge on any atom is -0.480 e. The van der Waals surface area contributed by atoms with Crippen LogP contribution in [0.25, 0.3) is 11.1 Å². The van der Waals surface area contributed by atoms with Crippen molar-refractivity contribution in [1.29, 1.82) is 0 Å². The molecule has 0 spiro atoms. The SMILES string of the molecule is O=C(NC(CC(=O)c1cc(F)ccc1F)C(=O)O)OCC1c2ccccc2-c2ccccc21. The first kappa shape index (κ1) is 22.1. The Morgan fingerprint density at radius 2 is 1.55 bits per heavy atom. The van der Waals surface area contributed by atoms with Crippen molar-refractivity contribution in [3.63, 3.8) is 0 Å². The number of Topliss-reactive ketones (excluding diaryl/α,β-unsaturated/α-hetero) is 1. The molecule has 0 heterocycles. The topological polar surface area (TPSA) is 92.7 Å². The van der Waals surface area contributed by atoms with Crippen LogP contribution < -0.4 is 5.32 Å². The summed E-state index contributed by atoms with van der Waals surface area (Å²) in [4.78, 5) is 36.2. The number of fused-ring (bicyclic) bond motifs is 3. The number of nitrogens with one attached hydrogen (secondary N) is 1. The Bertz CT molecular complexity index is 1200. The van der Waals surface area contributed by atoms with Gasteiger partial charge in [0.15, 0.2) is 5.78 Å². The minimum atomic E-state index is -1.67. The summed E-state index contributed by atoms with van der Waals surface area (Å²) in [6, 6.07) is 16.1. The van der Waals surface area contributed by atoms with Crippen molar-refractivity contribution in [2.75, 3.05) is 6.61 Å². The lowest BCUT2D eigenvalue weighted by molar-refractivity contribution is -0.139.